The quantitative estimate of drug-likeness (QED) is 0.135. The minimum absolute atomic E-state index is 0.00213. The fourth-order valence-electron chi connectivity index (χ4n) is 7.63. The highest BCUT2D eigenvalue weighted by molar-refractivity contribution is 5.75. The summed E-state index contributed by atoms with van der Waals surface area (Å²) >= 11 is 0. The first-order chi connectivity index (χ1) is 28.5. The SMILES string of the molecule is [C-]#[N+]c1cc(-c2nc(-c3cccc4c3CCC[C@H]4N)no2)ccc1OC(C)C.[C-]#[N+]c1cc(-c2nc(-c3cccc4c3CCC[C@H]4NC(C)=O)no2)ccc1OC(C)C. The molecule has 0 aliphatic heterocycles. The first-order valence-corrected chi connectivity index (χ1v) is 19.8. The molecule has 59 heavy (non-hydrogen) atoms. The lowest BCUT2D eigenvalue weighted by molar-refractivity contribution is -0.119. The molecule has 300 valence electrons. The second-order valence-electron chi connectivity index (χ2n) is 15.2. The average molecular weight is 791 g/mol. The van der Waals surface area contributed by atoms with Crippen LogP contribution in [0.25, 0.3) is 55.4 Å². The number of benzene rings is 4. The second kappa shape index (κ2) is 17.8. The molecular weight excluding hydrogens is 745 g/mol. The number of fused-ring (bicyclic) bond motifs is 2. The Morgan fingerprint density at radius 1 is 0.746 bits per heavy atom. The molecule has 0 saturated carbocycles. The topological polar surface area (TPSA) is 160 Å². The number of amides is 1. The van der Waals surface area contributed by atoms with E-state index in [0.717, 1.165) is 60.8 Å². The Bertz CT molecular complexity index is 2560. The molecule has 2 heterocycles. The van der Waals surface area contributed by atoms with Crippen molar-refractivity contribution < 1.29 is 23.3 Å². The van der Waals surface area contributed by atoms with Crippen LogP contribution in [-0.2, 0) is 17.6 Å². The Morgan fingerprint density at radius 3 is 1.73 bits per heavy atom. The van der Waals surface area contributed by atoms with Gasteiger partial charge in [-0.1, -0.05) is 46.7 Å². The van der Waals surface area contributed by atoms with Crippen LogP contribution in [0.2, 0.25) is 0 Å². The first-order valence-electron chi connectivity index (χ1n) is 19.8. The Kier molecular flexibility index (Phi) is 12.1. The van der Waals surface area contributed by atoms with Crippen LogP contribution in [0.4, 0.5) is 11.4 Å². The van der Waals surface area contributed by atoms with Crippen molar-refractivity contribution in [3.8, 4) is 57.2 Å². The third-order valence-corrected chi connectivity index (χ3v) is 10.2. The molecule has 13 nitrogen and oxygen atoms in total. The number of nitrogens with zero attached hydrogens (tertiary/aromatic N) is 6. The Morgan fingerprint density at radius 2 is 1.24 bits per heavy atom. The number of carbonyl (C=O) groups excluding carboxylic acids is 1. The van der Waals surface area contributed by atoms with Crippen LogP contribution < -0.4 is 20.5 Å². The van der Waals surface area contributed by atoms with Gasteiger partial charge in [0.05, 0.1) is 31.4 Å². The van der Waals surface area contributed by atoms with Crippen molar-refractivity contribution in [3.63, 3.8) is 0 Å². The summed E-state index contributed by atoms with van der Waals surface area (Å²) in [6.45, 7) is 24.1. The standard InChI is InChI=1S/C24H24N4O3.C22H22N4O2/c1-14(2)30-22-12-11-16(13-21(22)25-4)24-27-23(28-31-24)19-9-5-8-18-17(19)7-6-10-20(18)26-15(3)29;1-13(2)27-20-11-10-14(12-19(20)24-3)22-25-21(26-28-22)17-8-4-7-16-15(17)6-5-9-18(16)23/h5,8-9,11-14,20H,6-7,10H2,1-3H3,(H,26,29);4,7-8,10-13,18H,5-6,9,23H2,1-2H3/t20-;18-/m11/s1. The molecule has 2 aliphatic carbocycles. The third kappa shape index (κ3) is 9.01. The van der Waals surface area contributed by atoms with Gasteiger partial charge in [-0.05, 0) is 125 Å². The van der Waals surface area contributed by atoms with Gasteiger partial charge in [-0.25, -0.2) is 9.69 Å². The summed E-state index contributed by atoms with van der Waals surface area (Å²) in [5.74, 6) is 2.84. The molecular formula is C46H46N8O5. The highest BCUT2D eigenvalue weighted by Gasteiger charge is 2.26. The van der Waals surface area contributed by atoms with E-state index in [4.69, 9.17) is 37.4 Å². The van der Waals surface area contributed by atoms with Crippen molar-refractivity contribution >= 4 is 17.3 Å². The van der Waals surface area contributed by atoms with Crippen LogP contribution in [0.3, 0.4) is 0 Å². The molecule has 6 aromatic rings. The lowest BCUT2D eigenvalue weighted by atomic mass is 9.84. The molecule has 0 spiro atoms. The van der Waals surface area contributed by atoms with E-state index in [1.807, 2.05) is 64.1 Å². The number of hydrogen-bond donors (Lipinski definition) is 2. The molecule has 13 heteroatoms. The zero-order valence-corrected chi connectivity index (χ0v) is 33.8. The van der Waals surface area contributed by atoms with Gasteiger partial charge < -0.3 is 29.6 Å². The molecule has 3 N–H and O–H groups in total. The first kappa shape index (κ1) is 40.4. The van der Waals surface area contributed by atoms with Crippen LogP contribution in [0.15, 0.2) is 81.8 Å². The highest BCUT2D eigenvalue weighted by atomic mass is 16.5. The summed E-state index contributed by atoms with van der Waals surface area (Å²) < 4.78 is 22.4. The summed E-state index contributed by atoms with van der Waals surface area (Å²) in [4.78, 5) is 27.9. The van der Waals surface area contributed by atoms with Crippen molar-refractivity contribution in [2.24, 2.45) is 5.73 Å². The van der Waals surface area contributed by atoms with Crippen molar-refractivity contribution in [2.75, 3.05) is 0 Å². The van der Waals surface area contributed by atoms with Crippen LogP contribution in [0, 0.1) is 13.1 Å². The predicted molar refractivity (Wildman–Crippen MR) is 224 cm³/mol. The van der Waals surface area contributed by atoms with Crippen LogP contribution >= 0.6 is 0 Å². The van der Waals surface area contributed by atoms with Gasteiger partial charge in [-0.3, -0.25) is 4.79 Å². The summed E-state index contributed by atoms with van der Waals surface area (Å²) in [5, 5.41) is 11.4. The number of carbonyl (C=O) groups is 1. The van der Waals surface area contributed by atoms with E-state index < -0.39 is 0 Å². The minimum Gasteiger partial charge on any atom is -0.502 e. The van der Waals surface area contributed by atoms with Crippen LogP contribution in [-0.4, -0.2) is 38.4 Å². The number of nitrogens with two attached hydrogens (primary N) is 1. The minimum atomic E-state index is -0.0365. The number of hydrogen-bond acceptors (Lipinski definition) is 10. The molecule has 2 aromatic heterocycles. The van der Waals surface area contributed by atoms with Gasteiger partial charge in [0, 0.05) is 35.2 Å². The fraction of sp³-hybridized carbons (Fsp3) is 0.326. The van der Waals surface area contributed by atoms with E-state index in [-0.39, 0.29) is 30.2 Å². The summed E-state index contributed by atoms with van der Waals surface area (Å²) in [5.41, 5.74) is 15.0. The van der Waals surface area contributed by atoms with Gasteiger partial charge >= 0.3 is 0 Å². The maximum Gasteiger partial charge on any atom is 0.256 e. The van der Waals surface area contributed by atoms with Gasteiger partial charge in [0.25, 0.3) is 11.8 Å². The van der Waals surface area contributed by atoms with E-state index in [0.29, 0.717) is 57.4 Å². The number of ether oxygens (including phenoxy) is 2. The van der Waals surface area contributed by atoms with Gasteiger partial charge in [0.1, 0.15) is 11.5 Å². The molecule has 0 radical (unpaired) electrons. The van der Waals surface area contributed by atoms with Crippen LogP contribution in [0.5, 0.6) is 11.5 Å². The fourth-order valence-corrected chi connectivity index (χ4v) is 7.63. The third-order valence-electron chi connectivity index (χ3n) is 10.2. The Hall–Kier alpha value is -6.83. The lowest BCUT2D eigenvalue weighted by Crippen LogP contribution is -2.29. The molecule has 0 fully saturated rings. The van der Waals surface area contributed by atoms with E-state index >= 15 is 0 Å². The second-order valence-corrected chi connectivity index (χ2v) is 15.2. The predicted octanol–water partition coefficient (Wildman–Crippen LogP) is 10.3. The maximum atomic E-state index is 11.6. The number of nitrogens with one attached hydrogen (secondary N) is 1. The summed E-state index contributed by atoms with van der Waals surface area (Å²) in [6.07, 6.45) is 5.78. The Labute approximate surface area is 343 Å². The molecule has 0 saturated heterocycles. The van der Waals surface area contributed by atoms with Crippen molar-refractivity contribution in [2.45, 2.75) is 97.4 Å². The zero-order chi connectivity index (χ0) is 41.6. The monoisotopic (exact) mass is 790 g/mol. The van der Waals surface area contributed by atoms with Gasteiger partial charge in [-0.2, -0.15) is 9.97 Å². The van der Waals surface area contributed by atoms with E-state index in [2.05, 4.69) is 47.4 Å². The molecule has 8 rings (SSSR count). The maximum absolute atomic E-state index is 11.6. The van der Waals surface area contributed by atoms with Gasteiger partial charge in [-0.15, -0.1) is 0 Å². The zero-order valence-electron chi connectivity index (χ0n) is 33.8. The average Bonchev–Trinajstić information content (AvgIpc) is 3.92. The van der Waals surface area contributed by atoms with E-state index in [9.17, 15) is 4.79 Å². The van der Waals surface area contributed by atoms with E-state index in [1.165, 1.54) is 11.1 Å². The summed E-state index contributed by atoms with van der Waals surface area (Å²) in [6, 6.07) is 22.7. The van der Waals surface area contributed by atoms with Gasteiger partial charge in [0.15, 0.2) is 0 Å². The highest BCUT2D eigenvalue weighted by Crippen LogP contribution is 2.39. The molecule has 0 bridgehead atoms. The lowest BCUT2D eigenvalue weighted by Gasteiger charge is -2.27. The van der Waals surface area contributed by atoms with E-state index in [1.54, 1.807) is 31.2 Å². The molecule has 1 amide bonds. The molecule has 2 atom stereocenters. The molecule has 4 aromatic carbocycles. The smallest absolute Gasteiger partial charge is 0.256 e. The van der Waals surface area contributed by atoms with Crippen molar-refractivity contribution in [3.05, 3.63) is 118 Å². The molecule has 2 aliphatic rings. The van der Waals surface area contributed by atoms with Gasteiger partial charge in [0.2, 0.25) is 28.9 Å². The Balaban J connectivity index is 0.000000180. The number of rotatable bonds is 9. The largest absolute Gasteiger partial charge is 0.502 e. The van der Waals surface area contributed by atoms with Crippen molar-refractivity contribution in [1.82, 2.24) is 25.6 Å². The number of aromatic nitrogens is 4. The van der Waals surface area contributed by atoms with Crippen LogP contribution in [0.1, 0.15) is 94.6 Å². The normalized spacial score (nSPS) is 15.6. The molecule has 0 unspecified atom stereocenters. The van der Waals surface area contributed by atoms with Crippen molar-refractivity contribution in [1.29, 1.82) is 0 Å². The summed E-state index contributed by atoms with van der Waals surface area (Å²) in [7, 11) is 0.